The van der Waals surface area contributed by atoms with Crippen molar-refractivity contribution in [3.05, 3.63) is 24.4 Å². The summed E-state index contributed by atoms with van der Waals surface area (Å²) < 4.78 is 10.7. The van der Waals surface area contributed by atoms with E-state index in [2.05, 4.69) is 4.98 Å². The zero-order valence-corrected chi connectivity index (χ0v) is 6.77. The molecule has 1 aromatic rings. The van der Waals surface area contributed by atoms with Crippen LogP contribution in [0.2, 0.25) is 0 Å². The largest absolute Gasteiger partial charge is 0.472 e. The molecule has 1 fully saturated rings. The first-order valence-electron chi connectivity index (χ1n) is 4.10. The molecule has 0 N–H and O–H groups in total. The van der Waals surface area contributed by atoms with Crippen molar-refractivity contribution in [2.24, 2.45) is 0 Å². The maximum Gasteiger partial charge on any atom is 0.213 e. The minimum atomic E-state index is 0.194. The molecule has 1 atom stereocenters. The van der Waals surface area contributed by atoms with E-state index < -0.39 is 0 Å². The Morgan fingerprint density at radius 3 is 3.17 bits per heavy atom. The standard InChI is InChI=1S/C9H11NO2/c1-2-5-10-9(3-1)12-8-4-6-11-7-8/h1-3,5,8H,4,6-7H2/t8-/m0/s1. The quantitative estimate of drug-likeness (QED) is 0.660. The van der Waals surface area contributed by atoms with E-state index in [1.54, 1.807) is 6.20 Å². The van der Waals surface area contributed by atoms with Gasteiger partial charge in [-0.2, -0.15) is 0 Å². The first-order chi connectivity index (χ1) is 5.95. The normalized spacial score (nSPS) is 22.5. The third-order valence-electron chi connectivity index (χ3n) is 1.81. The van der Waals surface area contributed by atoms with Crippen LogP contribution in [0.5, 0.6) is 5.88 Å². The highest BCUT2D eigenvalue weighted by atomic mass is 16.5. The summed E-state index contributed by atoms with van der Waals surface area (Å²) >= 11 is 0. The lowest BCUT2D eigenvalue weighted by Gasteiger charge is -2.09. The van der Waals surface area contributed by atoms with E-state index in [1.165, 1.54) is 0 Å². The van der Waals surface area contributed by atoms with Crippen LogP contribution in [-0.4, -0.2) is 24.3 Å². The average Bonchev–Trinajstić information content (AvgIpc) is 2.59. The molecule has 12 heavy (non-hydrogen) atoms. The summed E-state index contributed by atoms with van der Waals surface area (Å²) in [5.41, 5.74) is 0. The Kier molecular flexibility index (Phi) is 2.23. The third-order valence-corrected chi connectivity index (χ3v) is 1.81. The molecule has 3 nitrogen and oxygen atoms in total. The first kappa shape index (κ1) is 7.55. The molecule has 0 unspecified atom stereocenters. The van der Waals surface area contributed by atoms with Gasteiger partial charge < -0.3 is 9.47 Å². The summed E-state index contributed by atoms with van der Waals surface area (Å²) in [6.45, 7) is 1.49. The summed E-state index contributed by atoms with van der Waals surface area (Å²) in [4.78, 5) is 4.06. The molecule has 0 aliphatic carbocycles. The molecule has 64 valence electrons. The second-order valence-electron chi connectivity index (χ2n) is 2.77. The van der Waals surface area contributed by atoms with E-state index in [0.29, 0.717) is 12.5 Å². The van der Waals surface area contributed by atoms with Crippen LogP contribution in [-0.2, 0) is 4.74 Å². The number of pyridine rings is 1. The Bertz CT molecular complexity index is 232. The Morgan fingerprint density at radius 1 is 1.50 bits per heavy atom. The molecule has 0 radical (unpaired) electrons. The van der Waals surface area contributed by atoms with E-state index in [4.69, 9.17) is 9.47 Å². The molecule has 0 bridgehead atoms. The monoisotopic (exact) mass is 165 g/mol. The Labute approximate surface area is 71.3 Å². The van der Waals surface area contributed by atoms with Gasteiger partial charge in [-0.3, -0.25) is 0 Å². The summed E-state index contributed by atoms with van der Waals surface area (Å²) in [6.07, 6.45) is 2.89. The molecular formula is C9H11NO2. The minimum absolute atomic E-state index is 0.194. The molecule has 1 saturated heterocycles. The molecule has 0 spiro atoms. The van der Waals surface area contributed by atoms with Gasteiger partial charge in [0.25, 0.3) is 0 Å². The second-order valence-corrected chi connectivity index (χ2v) is 2.77. The lowest BCUT2D eigenvalue weighted by atomic mass is 10.3. The van der Waals surface area contributed by atoms with Gasteiger partial charge in [0.05, 0.1) is 13.2 Å². The van der Waals surface area contributed by atoms with Crippen molar-refractivity contribution in [2.45, 2.75) is 12.5 Å². The van der Waals surface area contributed by atoms with Crippen molar-refractivity contribution < 1.29 is 9.47 Å². The summed E-state index contributed by atoms with van der Waals surface area (Å²) in [5, 5.41) is 0. The van der Waals surface area contributed by atoms with Crippen LogP contribution in [0.1, 0.15) is 6.42 Å². The highest BCUT2D eigenvalue weighted by Gasteiger charge is 2.17. The Morgan fingerprint density at radius 2 is 2.50 bits per heavy atom. The highest BCUT2D eigenvalue weighted by molar-refractivity contribution is 5.09. The number of hydrogen-bond donors (Lipinski definition) is 0. The fourth-order valence-corrected chi connectivity index (χ4v) is 1.19. The minimum Gasteiger partial charge on any atom is -0.472 e. The molecule has 0 saturated carbocycles. The predicted octanol–water partition coefficient (Wildman–Crippen LogP) is 1.25. The number of hydrogen-bond acceptors (Lipinski definition) is 3. The summed E-state index contributed by atoms with van der Waals surface area (Å²) in [7, 11) is 0. The molecule has 1 aliphatic heterocycles. The topological polar surface area (TPSA) is 31.4 Å². The van der Waals surface area contributed by atoms with Crippen molar-refractivity contribution in [3.8, 4) is 5.88 Å². The first-order valence-corrected chi connectivity index (χ1v) is 4.10. The van der Waals surface area contributed by atoms with Gasteiger partial charge in [0.1, 0.15) is 6.10 Å². The van der Waals surface area contributed by atoms with Crippen LogP contribution >= 0.6 is 0 Å². The third kappa shape index (κ3) is 1.74. The van der Waals surface area contributed by atoms with E-state index in [0.717, 1.165) is 13.0 Å². The smallest absolute Gasteiger partial charge is 0.213 e. The van der Waals surface area contributed by atoms with Crippen molar-refractivity contribution in [1.29, 1.82) is 0 Å². The zero-order chi connectivity index (χ0) is 8.23. The van der Waals surface area contributed by atoms with Crippen molar-refractivity contribution in [2.75, 3.05) is 13.2 Å². The zero-order valence-electron chi connectivity index (χ0n) is 6.77. The predicted molar refractivity (Wildman–Crippen MR) is 44.1 cm³/mol. The average molecular weight is 165 g/mol. The fraction of sp³-hybridized carbons (Fsp3) is 0.444. The van der Waals surface area contributed by atoms with Crippen LogP contribution in [0.4, 0.5) is 0 Å². The van der Waals surface area contributed by atoms with Crippen LogP contribution in [0, 0.1) is 0 Å². The van der Waals surface area contributed by atoms with Gasteiger partial charge in [-0.05, 0) is 6.07 Å². The van der Waals surface area contributed by atoms with E-state index in [-0.39, 0.29) is 6.10 Å². The van der Waals surface area contributed by atoms with Gasteiger partial charge in [0.15, 0.2) is 0 Å². The van der Waals surface area contributed by atoms with Gasteiger partial charge in [-0.15, -0.1) is 0 Å². The van der Waals surface area contributed by atoms with Crippen LogP contribution in [0.15, 0.2) is 24.4 Å². The van der Waals surface area contributed by atoms with Crippen LogP contribution in [0.3, 0.4) is 0 Å². The van der Waals surface area contributed by atoms with Gasteiger partial charge >= 0.3 is 0 Å². The van der Waals surface area contributed by atoms with E-state index in [1.807, 2.05) is 18.2 Å². The molecule has 1 aromatic heterocycles. The molecule has 1 aliphatic rings. The summed E-state index contributed by atoms with van der Waals surface area (Å²) in [6, 6.07) is 5.65. The maximum absolute atomic E-state index is 5.54. The summed E-state index contributed by atoms with van der Waals surface area (Å²) in [5.74, 6) is 0.688. The number of nitrogens with zero attached hydrogens (tertiary/aromatic N) is 1. The van der Waals surface area contributed by atoms with Crippen molar-refractivity contribution in [1.82, 2.24) is 4.98 Å². The van der Waals surface area contributed by atoms with Gasteiger partial charge in [0, 0.05) is 18.7 Å². The van der Waals surface area contributed by atoms with Gasteiger partial charge in [0.2, 0.25) is 5.88 Å². The van der Waals surface area contributed by atoms with E-state index >= 15 is 0 Å². The number of aromatic nitrogens is 1. The maximum atomic E-state index is 5.54. The van der Waals surface area contributed by atoms with Crippen molar-refractivity contribution in [3.63, 3.8) is 0 Å². The number of rotatable bonds is 2. The Hall–Kier alpha value is -1.09. The Balaban J connectivity index is 1.94. The molecule has 3 heteroatoms. The van der Waals surface area contributed by atoms with Crippen LogP contribution < -0.4 is 4.74 Å². The van der Waals surface area contributed by atoms with Gasteiger partial charge in [-0.25, -0.2) is 4.98 Å². The molecule has 2 heterocycles. The van der Waals surface area contributed by atoms with Crippen LogP contribution in [0.25, 0.3) is 0 Å². The number of ether oxygens (including phenoxy) is 2. The lowest BCUT2D eigenvalue weighted by Crippen LogP contribution is -2.16. The fourth-order valence-electron chi connectivity index (χ4n) is 1.19. The molecular weight excluding hydrogens is 154 g/mol. The lowest BCUT2D eigenvalue weighted by molar-refractivity contribution is 0.138. The van der Waals surface area contributed by atoms with E-state index in [9.17, 15) is 0 Å². The van der Waals surface area contributed by atoms with Crippen molar-refractivity contribution >= 4 is 0 Å². The second kappa shape index (κ2) is 3.54. The molecule has 0 aromatic carbocycles. The molecule has 2 rings (SSSR count). The highest BCUT2D eigenvalue weighted by Crippen LogP contribution is 2.12. The molecule has 0 amide bonds. The van der Waals surface area contributed by atoms with Gasteiger partial charge in [-0.1, -0.05) is 6.07 Å². The SMILES string of the molecule is c1ccc(O[C@H]2CCOC2)nc1.